The molecule has 2 saturated carbocycles. The Morgan fingerprint density at radius 1 is 0.589 bits per heavy atom. The molecule has 2 amide bonds. The number of amides is 2. The zero-order valence-corrected chi connectivity index (χ0v) is 42.5. The van der Waals surface area contributed by atoms with Crippen LogP contribution in [-0.4, -0.2) is 63.1 Å². The molecule has 2 fully saturated rings. The van der Waals surface area contributed by atoms with Gasteiger partial charge in [-0.1, -0.05) is 68.1 Å². The number of hydrogen-bond donors (Lipinski definition) is 10. The Morgan fingerprint density at radius 3 is 1.44 bits per heavy atom. The Hall–Kier alpha value is -7.42. The second-order valence-electron chi connectivity index (χ2n) is 19.5. The maximum atomic E-state index is 13.5. The summed E-state index contributed by atoms with van der Waals surface area (Å²) in [4.78, 5) is 57.4. The van der Waals surface area contributed by atoms with E-state index in [0.717, 1.165) is 119 Å². The Labute approximate surface area is 427 Å². The van der Waals surface area contributed by atoms with Gasteiger partial charge in [0.25, 0.3) is 22.9 Å². The fourth-order valence-electron chi connectivity index (χ4n) is 10.1. The Morgan fingerprint density at radius 2 is 1.03 bits per heavy atom. The molecule has 2 aliphatic carbocycles. The van der Waals surface area contributed by atoms with Gasteiger partial charge in [-0.05, 0) is 160 Å². The molecule has 0 aliphatic heterocycles. The van der Waals surface area contributed by atoms with Crippen LogP contribution in [0.5, 0.6) is 0 Å². The number of hydrogen-bond acceptors (Lipinski definition) is 10. The molecular formula is C59H70N8O6. The van der Waals surface area contributed by atoms with Gasteiger partial charge in [0.15, 0.2) is 0 Å². The van der Waals surface area contributed by atoms with Crippen molar-refractivity contribution >= 4 is 35.6 Å². The normalized spacial score (nSPS) is 13.5. The van der Waals surface area contributed by atoms with Gasteiger partial charge in [0.1, 0.15) is 0 Å². The number of pyridine rings is 2. The van der Waals surface area contributed by atoms with Gasteiger partial charge < -0.3 is 52.3 Å². The quantitative estimate of drug-likeness (QED) is 0.0276. The largest absolute Gasteiger partial charge is 0.396 e. The highest BCUT2D eigenvalue weighted by Crippen LogP contribution is 2.34. The van der Waals surface area contributed by atoms with Crippen molar-refractivity contribution < 1.29 is 19.8 Å². The number of rotatable bonds is 19. The molecule has 0 saturated heterocycles. The average Bonchev–Trinajstić information content (AvgIpc) is 4.11. The minimum Gasteiger partial charge on any atom is -0.396 e. The van der Waals surface area contributed by atoms with Gasteiger partial charge in [-0.3, -0.25) is 19.2 Å². The third-order valence-corrected chi connectivity index (χ3v) is 14.0. The minimum absolute atomic E-state index is 0.0720. The van der Waals surface area contributed by atoms with E-state index in [0.29, 0.717) is 45.5 Å². The smallest absolute Gasteiger partial charge is 0.253 e. The van der Waals surface area contributed by atoms with Crippen LogP contribution in [0, 0.1) is 38.5 Å². The number of benzene rings is 4. The summed E-state index contributed by atoms with van der Waals surface area (Å²) in [6.45, 7) is 7.68. The van der Waals surface area contributed by atoms with E-state index in [1.807, 2.05) is 94.4 Å². The van der Waals surface area contributed by atoms with Crippen LogP contribution in [0.2, 0.25) is 0 Å². The van der Waals surface area contributed by atoms with Gasteiger partial charge in [0.05, 0.1) is 17.7 Å². The summed E-state index contributed by atoms with van der Waals surface area (Å²) in [7, 11) is 0. The van der Waals surface area contributed by atoms with E-state index >= 15 is 0 Å². The van der Waals surface area contributed by atoms with E-state index in [1.165, 1.54) is 30.8 Å². The molecule has 382 valence electrons. The molecule has 8 rings (SSSR count). The number of aromatic amines is 2. The van der Waals surface area contributed by atoms with Crippen LogP contribution in [0.3, 0.4) is 0 Å². The predicted octanol–water partition coefficient (Wildman–Crippen LogP) is 9.69. The number of aliphatic hydroxyl groups is 2. The van der Waals surface area contributed by atoms with E-state index in [9.17, 15) is 24.3 Å². The van der Waals surface area contributed by atoms with Crippen LogP contribution in [0.25, 0.3) is 22.3 Å². The summed E-state index contributed by atoms with van der Waals surface area (Å²) in [6, 6.07) is 27.9. The highest BCUT2D eigenvalue weighted by Gasteiger charge is 2.23. The first-order valence-electron chi connectivity index (χ1n) is 25.5. The summed E-state index contributed by atoms with van der Waals surface area (Å²) in [5.74, 6) is -0.671. The summed E-state index contributed by atoms with van der Waals surface area (Å²) in [5, 5.41) is 47.9. The molecular weight excluding hydrogens is 917 g/mol. The van der Waals surface area contributed by atoms with Crippen LogP contribution in [0.1, 0.15) is 141 Å². The number of aryl methyl sites for hydroxylation is 5. The second-order valence-corrected chi connectivity index (χ2v) is 19.5. The number of H-pyrrole nitrogens is 2. The van der Waals surface area contributed by atoms with Crippen molar-refractivity contribution in [2.24, 2.45) is 0 Å². The lowest BCUT2D eigenvalue weighted by Crippen LogP contribution is -2.29. The lowest BCUT2D eigenvalue weighted by molar-refractivity contribution is 0.0942. The van der Waals surface area contributed by atoms with Crippen LogP contribution in [0.4, 0.5) is 11.4 Å². The first-order valence-corrected chi connectivity index (χ1v) is 25.5. The molecule has 2 aliphatic rings. The predicted molar refractivity (Wildman–Crippen MR) is 293 cm³/mol. The molecule has 6 aromatic rings. The topological polar surface area (TPSA) is 236 Å². The monoisotopic (exact) mass is 987 g/mol. The van der Waals surface area contributed by atoms with Gasteiger partial charge in [0, 0.05) is 89.2 Å². The lowest BCUT2D eigenvalue weighted by atomic mass is 9.94. The summed E-state index contributed by atoms with van der Waals surface area (Å²) in [6.07, 6.45) is 13.9. The van der Waals surface area contributed by atoms with Gasteiger partial charge in [0.2, 0.25) is 0 Å². The van der Waals surface area contributed by atoms with Gasteiger partial charge >= 0.3 is 0 Å². The van der Waals surface area contributed by atoms with E-state index in [1.54, 1.807) is 6.07 Å². The van der Waals surface area contributed by atoms with Crippen molar-refractivity contribution in [1.82, 2.24) is 20.6 Å². The average molecular weight is 987 g/mol. The molecule has 0 spiro atoms. The maximum Gasteiger partial charge on any atom is 0.253 e. The number of nitrogens with one attached hydrogen (secondary N) is 8. The molecule has 2 aromatic heterocycles. The van der Waals surface area contributed by atoms with Crippen LogP contribution >= 0.6 is 0 Å². The number of carbonyl (C=O) groups is 2. The number of aliphatic hydroxyl groups excluding tert-OH is 2. The molecule has 10 N–H and O–H groups in total. The van der Waals surface area contributed by atoms with Crippen molar-refractivity contribution in [1.29, 1.82) is 10.8 Å². The van der Waals surface area contributed by atoms with Gasteiger partial charge in [-0.2, -0.15) is 0 Å². The molecule has 0 atom stereocenters. The van der Waals surface area contributed by atoms with Crippen LogP contribution in [-0.2, 0) is 26.1 Å². The molecule has 2 heterocycles. The molecule has 0 unspecified atom stereocenters. The Bertz CT molecular complexity index is 3070. The highest BCUT2D eigenvalue weighted by atomic mass is 16.3. The SMILES string of the molecule is Cc1cc(C)c(CNC(=O)c2cc(-c3cccc(CCCCO)c3)cc(NC3CCCC3)c2C=N)c(=O)[nH]1.Cc1cc(C)c(CNC(=O)c2cc(-c3cccc(CO)c3)cc(NC3CCCC3)c2C=N)c(=O)[nH]1. The van der Waals surface area contributed by atoms with Crippen molar-refractivity contribution in [2.45, 2.75) is 130 Å². The zero-order valence-electron chi connectivity index (χ0n) is 42.5. The van der Waals surface area contributed by atoms with E-state index in [2.05, 4.69) is 43.4 Å². The van der Waals surface area contributed by atoms with Crippen molar-refractivity contribution in [3.63, 3.8) is 0 Å². The third-order valence-electron chi connectivity index (χ3n) is 14.0. The fraction of sp³-hybridized carbons (Fsp3) is 0.356. The summed E-state index contributed by atoms with van der Waals surface area (Å²) >= 11 is 0. The summed E-state index contributed by atoms with van der Waals surface area (Å²) < 4.78 is 0. The van der Waals surface area contributed by atoms with Crippen LogP contribution in [0.15, 0.2) is 94.5 Å². The Balaban J connectivity index is 0.000000214. The second kappa shape index (κ2) is 25.3. The molecule has 14 heteroatoms. The molecule has 0 bridgehead atoms. The molecule has 0 radical (unpaired) electrons. The standard InChI is InChI=1S/C31H38N4O3.C28H32N4O3/c1-20-14-21(2)34-31(38)28(20)19-33-30(37)26-16-24(23-10-7-9-22(15-23)8-5-6-13-36)17-29(27(26)18-32)35-25-11-3-4-12-25;1-17-10-18(2)31-28(35)25(17)15-30-27(34)23-12-21(20-7-5-6-19(11-20)16-33)13-26(24(23)14-29)32-22-8-3-4-9-22/h7,9-10,14-18,25,32,35-36H,3-6,8,11-13,19H2,1-2H3,(H,33,37)(H,34,38);5-7,10-14,22,29,32-33H,3-4,8-9,15-16H2,1-2H3,(H,30,34)(H,31,35). The fourth-order valence-corrected chi connectivity index (χ4v) is 10.1. The van der Waals surface area contributed by atoms with E-state index in [-0.39, 0.29) is 49.2 Å². The van der Waals surface area contributed by atoms with Crippen molar-refractivity contribution in [3.8, 4) is 22.3 Å². The van der Waals surface area contributed by atoms with Crippen LogP contribution < -0.4 is 32.4 Å². The van der Waals surface area contributed by atoms with Crippen molar-refractivity contribution in [3.05, 3.63) is 173 Å². The van der Waals surface area contributed by atoms with E-state index in [4.69, 9.17) is 15.9 Å². The number of carbonyl (C=O) groups excluding carboxylic acids is 2. The Kier molecular flexibility index (Phi) is 18.5. The lowest BCUT2D eigenvalue weighted by Gasteiger charge is -2.20. The summed E-state index contributed by atoms with van der Waals surface area (Å²) in [5.41, 5.74) is 12.7. The van der Waals surface area contributed by atoms with Crippen molar-refractivity contribution in [2.75, 3.05) is 17.2 Å². The first-order chi connectivity index (χ1) is 35.3. The number of unbranched alkanes of at least 4 members (excludes halogenated alkanes) is 1. The minimum atomic E-state index is -0.350. The van der Waals surface area contributed by atoms with Gasteiger partial charge in [-0.25, -0.2) is 0 Å². The molecule has 73 heavy (non-hydrogen) atoms. The zero-order chi connectivity index (χ0) is 52.0. The molecule has 14 nitrogen and oxygen atoms in total. The molecule has 4 aromatic carbocycles. The van der Waals surface area contributed by atoms with Gasteiger partial charge in [-0.15, -0.1) is 0 Å². The number of anilines is 2. The third kappa shape index (κ3) is 13.8. The first kappa shape index (κ1) is 53.4. The maximum absolute atomic E-state index is 13.5. The highest BCUT2D eigenvalue weighted by molar-refractivity contribution is 6.07. The van der Waals surface area contributed by atoms with E-state index < -0.39 is 0 Å². The number of aromatic nitrogens is 2.